The number of fused-ring (bicyclic) bond motifs is 2. The van der Waals surface area contributed by atoms with Crippen molar-refractivity contribution in [1.29, 1.82) is 0 Å². The Bertz CT molecular complexity index is 2260. The van der Waals surface area contributed by atoms with E-state index in [1.165, 1.54) is 64.5 Å². The van der Waals surface area contributed by atoms with Gasteiger partial charge in [0.2, 0.25) is 0 Å². The molecule has 6 heteroatoms. The van der Waals surface area contributed by atoms with Gasteiger partial charge in [-0.1, -0.05) is 194 Å². The molecule has 0 aliphatic carbocycles. The van der Waals surface area contributed by atoms with E-state index in [1.54, 1.807) is 0 Å². The second-order valence-corrected chi connectivity index (χ2v) is 17.9. The molecule has 0 radical (unpaired) electrons. The van der Waals surface area contributed by atoms with Crippen molar-refractivity contribution in [2.45, 2.75) is 0 Å². The molecule has 8 aromatic carbocycles. The third kappa shape index (κ3) is 7.86. The van der Waals surface area contributed by atoms with Gasteiger partial charge in [-0.3, -0.25) is 4.55 Å². The summed E-state index contributed by atoms with van der Waals surface area (Å²) in [5.74, 6) is 0. The van der Waals surface area contributed by atoms with Crippen LogP contribution in [0.15, 0.2) is 194 Å². The van der Waals surface area contributed by atoms with E-state index in [0.29, 0.717) is 6.26 Å². The fourth-order valence-electron chi connectivity index (χ4n) is 6.58. The Morgan fingerprint density at radius 3 is 0.922 bits per heavy atom. The van der Waals surface area contributed by atoms with Crippen LogP contribution in [0.4, 0.5) is 0 Å². The van der Waals surface area contributed by atoms with Crippen molar-refractivity contribution in [2.75, 3.05) is 6.26 Å². The third-order valence-corrected chi connectivity index (χ3v) is 13.6. The van der Waals surface area contributed by atoms with Gasteiger partial charge < -0.3 is 0 Å². The number of benzene rings is 8. The molecule has 0 aromatic heterocycles. The quantitative estimate of drug-likeness (QED) is 0.133. The molecule has 0 saturated heterocycles. The van der Waals surface area contributed by atoms with Gasteiger partial charge in [0, 0.05) is 0 Å². The Balaban J connectivity index is 0.000000761. The second-order valence-electron chi connectivity index (χ2n) is 12.1. The van der Waals surface area contributed by atoms with Crippen LogP contribution in [-0.4, -0.2) is 19.2 Å². The molecule has 0 unspecified atom stereocenters. The lowest BCUT2D eigenvalue weighted by Crippen LogP contribution is -2.26. The zero-order valence-electron chi connectivity index (χ0n) is 28.0. The first-order valence-electron chi connectivity index (χ1n) is 16.6. The zero-order valence-corrected chi connectivity index (χ0v) is 30.6. The minimum Gasteiger partial charge on any atom is -0.286 e. The standard InChI is InChI=1S/C44H32P2.CH4O3S/c1-5-19-35(20-6-1)45(36-21-7-2-8-22-36)41-31-29-33-17-13-15-27-39(33)43(41)44-40-28-16-14-18-34(40)30-32-42(44)46(37-23-9-3-10-24-37)38-25-11-4-12-26-38;1-5(2,3)4/h1-32H;1H3,(H,2,3,4). The number of rotatable bonds is 7. The maximum absolute atomic E-state index is 9.19. The van der Waals surface area contributed by atoms with Gasteiger partial charge >= 0.3 is 0 Å². The second kappa shape index (κ2) is 15.5. The van der Waals surface area contributed by atoms with Crippen molar-refractivity contribution >= 4 is 79.3 Å². The lowest BCUT2D eigenvalue weighted by molar-refractivity contribution is 0.490. The molecule has 0 aliphatic rings. The van der Waals surface area contributed by atoms with Crippen LogP contribution in [-0.2, 0) is 10.1 Å². The smallest absolute Gasteiger partial charge is 0.261 e. The van der Waals surface area contributed by atoms with Crippen LogP contribution in [0.3, 0.4) is 0 Å². The van der Waals surface area contributed by atoms with E-state index >= 15 is 0 Å². The van der Waals surface area contributed by atoms with Gasteiger partial charge in [0.15, 0.2) is 0 Å². The highest BCUT2D eigenvalue weighted by Gasteiger charge is 2.28. The average molecular weight is 719 g/mol. The van der Waals surface area contributed by atoms with Gasteiger partial charge in [-0.05, 0) is 80.3 Å². The maximum atomic E-state index is 9.19. The highest BCUT2D eigenvalue weighted by Crippen LogP contribution is 2.45. The zero-order chi connectivity index (χ0) is 35.2. The first kappa shape index (κ1) is 34.5. The number of hydrogen-bond acceptors (Lipinski definition) is 2. The number of hydrogen-bond donors (Lipinski definition) is 1. The fourth-order valence-corrected chi connectivity index (χ4v) is 11.5. The molecule has 0 bridgehead atoms. The molecular weight excluding hydrogens is 683 g/mol. The Morgan fingerprint density at radius 2 is 0.627 bits per heavy atom. The lowest BCUT2D eigenvalue weighted by Gasteiger charge is -2.28. The maximum Gasteiger partial charge on any atom is 0.261 e. The molecule has 8 rings (SSSR count). The Morgan fingerprint density at radius 1 is 0.373 bits per heavy atom. The molecule has 0 fully saturated rings. The summed E-state index contributed by atoms with van der Waals surface area (Å²) in [6, 6.07) is 71.8. The van der Waals surface area contributed by atoms with Gasteiger partial charge in [0.25, 0.3) is 10.1 Å². The third-order valence-electron chi connectivity index (χ3n) is 8.60. The van der Waals surface area contributed by atoms with E-state index < -0.39 is 26.0 Å². The summed E-state index contributed by atoms with van der Waals surface area (Å²) in [6.45, 7) is 0. The summed E-state index contributed by atoms with van der Waals surface area (Å²) in [4.78, 5) is 0. The minimum absolute atomic E-state index is 0.715. The monoisotopic (exact) mass is 718 g/mol. The summed E-state index contributed by atoms with van der Waals surface area (Å²) in [6.07, 6.45) is 0.715. The molecule has 1 N–H and O–H groups in total. The predicted octanol–water partition coefficient (Wildman–Crippen LogP) is 8.68. The molecule has 51 heavy (non-hydrogen) atoms. The summed E-state index contributed by atoms with van der Waals surface area (Å²) in [5, 5.41) is 13.3. The molecule has 8 aromatic rings. The molecule has 0 heterocycles. The molecule has 0 saturated carbocycles. The van der Waals surface area contributed by atoms with E-state index in [1.807, 2.05) is 0 Å². The van der Waals surface area contributed by atoms with Crippen LogP contribution in [0.2, 0.25) is 0 Å². The van der Waals surface area contributed by atoms with Gasteiger partial charge in [-0.2, -0.15) is 8.42 Å². The molecule has 0 spiro atoms. The summed E-state index contributed by atoms with van der Waals surface area (Å²) < 4.78 is 25.9. The molecule has 3 nitrogen and oxygen atoms in total. The predicted molar refractivity (Wildman–Crippen MR) is 222 cm³/mol. The summed E-state index contributed by atoms with van der Waals surface area (Å²) in [7, 11) is -5.37. The fraction of sp³-hybridized carbons (Fsp3) is 0.0222. The highest BCUT2D eigenvalue weighted by molar-refractivity contribution is 7.85. The van der Waals surface area contributed by atoms with Crippen molar-refractivity contribution in [3.05, 3.63) is 194 Å². The summed E-state index contributed by atoms with van der Waals surface area (Å²) in [5.41, 5.74) is 2.70. The van der Waals surface area contributed by atoms with Crippen molar-refractivity contribution in [3.8, 4) is 11.1 Å². The van der Waals surface area contributed by atoms with Crippen LogP contribution in [0, 0.1) is 0 Å². The van der Waals surface area contributed by atoms with Crippen LogP contribution in [0.25, 0.3) is 32.7 Å². The van der Waals surface area contributed by atoms with Crippen LogP contribution < -0.4 is 31.8 Å². The summed E-state index contributed by atoms with van der Waals surface area (Å²) >= 11 is 0. The van der Waals surface area contributed by atoms with Gasteiger partial charge in [-0.15, -0.1) is 0 Å². The average Bonchev–Trinajstić information content (AvgIpc) is 3.16. The van der Waals surface area contributed by atoms with Crippen LogP contribution >= 0.6 is 15.8 Å². The van der Waals surface area contributed by atoms with Crippen molar-refractivity contribution in [2.24, 2.45) is 0 Å². The van der Waals surface area contributed by atoms with E-state index in [2.05, 4.69) is 194 Å². The topological polar surface area (TPSA) is 54.4 Å². The van der Waals surface area contributed by atoms with Crippen molar-refractivity contribution in [3.63, 3.8) is 0 Å². The normalized spacial score (nSPS) is 11.5. The first-order valence-corrected chi connectivity index (χ1v) is 21.2. The Hall–Kier alpha value is -4.95. The van der Waals surface area contributed by atoms with Crippen LogP contribution in [0.1, 0.15) is 0 Å². The molecule has 0 amide bonds. The molecular formula is C45H36O3P2S. The van der Waals surface area contributed by atoms with Gasteiger partial charge in [0.1, 0.15) is 0 Å². The molecule has 0 atom stereocenters. The largest absolute Gasteiger partial charge is 0.286 e. The molecule has 250 valence electrons. The first-order chi connectivity index (χ1) is 24.9. The Kier molecular flexibility index (Phi) is 10.5. The lowest BCUT2D eigenvalue weighted by atomic mass is 9.93. The minimum atomic E-state index is -3.67. The van der Waals surface area contributed by atoms with Gasteiger partial charge in [0.05, 0.1) is 6.26 Å². The van der Waals surface area contributed by atoms with Crippen LogP contribution in [0.5, 0.6) is 0 Å². The molecule has 0 aliphatic heterocycles. The van der Waals surface area contributed by atoms with Crippen molar-refractivity contribution in [1.82, 2.24) is 0 Å². The van der Waals surface area contributed by atoms with E-state index in [0.717, 1.165) is 0 Å². The van der Waals surface area contributed by atoms with Gasteiger partial charge in [-0.25, -0.2) is 0 Å². The van der Waals surface area contributed by atoms with E-state index in [4.69, 9.17) is 4.55 Å². The van der Waals surface area contributed by atoms with Crippen molar-refractivity contribution < 1.29 is 13.0 Å². The Labute approximate surface area is 302 Å². The van der Waals surface area contributed by atoms with E-state index in [9.17, 15) is 8.42 Å². The SMILES string of the molecule is CS(=O)(=O)O.c1ccc(P(c2ccccc2)c2ccc3ccccc3c2-c2c(P(c3ccccc3)c3ccccc3)ccc3ccccc23)cc1. The highest BCUT2D eigenvalue weighted by atomic mass is 32.2. The van der Waals surface area contributed by atoms with E-state index in [-0.39, 0.29) is 0 Å².